The maximum atomic E-state index is 6.55. The molecule has 1 fully saturated rings. The van der Waals surface area contributed by atoms with Gasteiger partial charge in [0.05, 0.1) is 11.4 Å². The number of aryl methyl sites for hydroxylation is 1. The second-order valence-electron chi connectivity index (χ2n) is 5.73. The number of hydrogen-bond acceptors (Lipinski definition) is 2. The summed E-state index contributed by atoms with van der Waals surface area (Å²) in [5, 5.41) is 5.34. The standard InChI is InChI=1S/C16H20ClN3/c1-12-8-9-19(10-12)11-15-13(2)18-20(16(15)17)14-6-4-3-5-7-14/h3-7,12H,8-11H2,1-2H3. The van der Waals surface area contributed by atoms with Crippen LogP contribution in [0.15, 0.2) is 30.3 Å². The van der Waals surface area contributed by atoms with Crippen LogP contribution in [-0.4, -0.2) is 27.8 Å². The molecule has 0 radical (unpaired) electrons. The Balaban J connectivity index is 1.87. The predicted octanol–water partition coefficient (Wildman–Crippen LogP) is 3.68. The molecule has 3 rings (SSSR count). The van der Waals surface area contributed by atoms with Crippen LogP contribution in [0, 0.1) is 12.8 Å². The van der Waals surface area contributed by atoms with E-state index in [2.05, 4.69) is 16.9 Å². The quantitative estimate of drug-likeness (QED) is 0.859. The Morgan fingerprint density at radius 3 is 2.70 bits per heavy atom. The highest BCUT2D eigenvalue weighted by atomic mass is 35.5. The Morgan fingerprint density at radius 2 is 2.05 bits per heavy atom. The van der Waals surface area contributed by atoms with E-state index >= 15 is 0 Å². The van der Waals surface area contributed by atoms with Gasteiger partial charge in [-0.15, -0.1) is 0 Å². The number of aromatic nitrogens is 2. The monoisotopic (exact) mass is 289 g/mol. The van der Waals surface area contributed by atoms with E-state index in [9.17, 15) is 0 Å². The maximum absolute atomic E-state index is 6.55. The molecule has 20 heavy (non-hydrogen) atoms. The Kier molecular flexibility index (Phi) is 3.81. The third-order valence-electron chi connectivity index (χ3n) is 4.01. The van der Waals surface area contributed by atoms with Gasteiger partial charge < -0.3 is 0 Å². The topological polar surface area (TPSA) is 21.1 Å². The van der Waals surface area contributed by atoms with Crippen molar-refractivity contribution in [2.45, 2.75) is 26.8 Å². The summed E-state index contributed by atoms with van der Waals surface area (Å²) in [7, 11) is 0. The van der Waals surface area contributed by atoms with Crippen molar-refractivity contribution in [3.8, 4) is 5.69 Å². The van der Waals surface area contributed by atoms with E-state index in [1.54, 1.807) is 0 Å². The SMILES string of the molecule is Cc1nn(-c2ccccc2)c(Cl)c1CN1CCC(C)C1. The molecule has 3 nitrogen and oxygen atoms in total. The largest absolute Gasteiger partial charge is 0.299 e. The lowest BCUT2D eigenvalue weighted by Crippen LogP contribution is -2.20. The van der Waals surface area contributed by atoms with E-state index in [1.807, 2.05) is 41.9 Å². The van der Waals surface area contributed by atoms with Crippen molar-refractivity contribution in [3.63, 3.8) is 0 Å². The van der Waals surface area contributed by atoms with Crippen LogP contribution in [0.25, 0.3) is 5.69 Å². The van der Waals surface area contributed by atoms with Gasteiger partial charge in [0, 0.05) is 18.7 Å². The second-order valence-corrected chi connectivity index (χ2v) is 6.09. The summed E-state index contributed by atoms with van der Waals surface area (Å²) >= 11 is 6.55. The molecule has 1 atom stereocenters. The molecule has 0 saturated carbocycles. The van der Waals surface area contributed by atoms with Crippen molar-refractivity contribution >= 4 is 11.6 Å². The van der Waals surface area contributed by atoms with Crippen molar-refractivity contribution in [3.05, 3.63) is 46.7 Å². The molecule has 2 aromatic rings. The van der Waals surface area contributed by atoms with E-state index in [4.69, 9.17) is 11.6 Å². The first-order chi connectivity index (χ1) is 9.65. The lowest BCUT2D eigenvalue weighted by atomic mass is 10.2. The molecular weight excluding hydrogens is 270 g/mol. The number of halogens is 1. The highest BCUT2D eigenvalue weighted by molar-refractivity contribution is 6.30. The average Bonchev–Trinajstić information content (AvgIpc) is 2.98. The molecule has 0 amide bonds. The molecule has 0 N–H and O–H groups in total. The Morgan fingerprint density at radius 1 is 1.30 bits per heavy atom. The third-order valence-corrected chi connectivity index (χ3v) is 4.40. The van der Waals surface area contributed by atoms with Crippen LogP contribution in [-0.2, 0) is 6.54 Å². The first-order valence-electron chi connectivity index (χ1n) is 7.17. The van der Waals surface area contributed by atoms with Crippen LogP contribution in [0.3, 0.4) is 0 Å². The van der Waals surface area contributed by atoms with Crippen LogP contribution < -0.4 is 0 Å². The van der Waals surface area contributed by atoms with E-state index < -0.39 is 0 Å². The summed E-state index contributed by atoms with van der Waals surface area (Å²) < 4.78 is 1.84. The van der Waals surface area contributed by atoms with Crippen LogP contribution >= 0.6 is 11.6 Å². The van der Waals surface area contributed by atoms with Crippen LogP contribution in [0.2, 0.25) is 5.15 Å². The van der Waals surface area contributed by atoms with E-state index in [0.29, 0.717) is 0 Å². The number of benzene rings is 1. The molecule has 0 aliphatic carbocycles. The number of nitrogens with zero attached hydrogens (tertiary/aromatic N) is 3. The molecule has 1 aromatic heterocycles. The normalized spacial score (nSPS) is 19.6. The highest BCUT2D eigenvalue weighted by Gasteiger charge is 2.22. The molecule has 1 aromatic carbocycles. The van der Waals surface area contributed by atoms with Crippen LogP contribution in [0.4, 0.5) is 0 Å². The average molecular weight is 290 g/mol. The lowest BCUT2D eigenvalue weighted by Gasteiger charge is -2.15. The van der Waals surface area contributed by atoms with Gasteiger partial charge in [0.15, 0.2) is 0 Å². The van der Waals surface area contributed by atoms with Crippen molar-refractivity contribution in [2.24, 2.45) is 5.92 Å². The smallest absolute Gasteiger partial charge is 0.137 e. The minimum Gasteiger partial charge on any atom is -0.299 e. The summed E-state index contributed by atoms with van der Waals surface area (Å²) in [4.78, 5) is 2.47. The predicted molar refractivity (Wildman–Crippen MR) is 82.4 cm³/mol. The summed E-state index contributed by atoms with van der Waals surface area (Å²) in [5.74, 6) is 0.790. The Labute approximate surface area is 125 Å². The molecule has 1 saturated heterocycles. The molecular formula is C16H20ClN3. The fraction of sp³-hybridized carbons (Fsp3) is 0.438. The molecule has 0 spiro atoms. The number of likely N-dealkylation sites (tertiary alicyclic amines) is 1. The van der Waals surface area contributed by atoms with Gasteiger partial charge in [-0.2, -0.15) is 5.10 Å². The highest BCUT2D eigenvalue weighted by Crippen LogP contribution is 2.26. The zero-order chi connectivity index (χ0) is 14.1. The fourth-order valence-electron chi connectivity index (χ4n) is 2.84. The zero-order valence-electron chi connectivity index (χ0n) is 12.0. The molecule has 0 bridgehead atoms. The minimum atomic E-state index is 0.744. The van der Waals surface area contributed by atoms with Gasteiger partial charge in [0.1, 0.15) is 5.15 Å². The van der Waals surface area contributed by atoms with E-state index in [-0.39, 0.29) is 0 Å². The van der Waals surface area contributed by atoms with Gasteiger partial charge in [-0.05, 0) is 37.9 Å². The number of hydrogen-bond donors (Lipinski definition) is 0. The summed E-state index contributed by atoms with van der Waals surface area (Å²) in [6, 6.07) is 10.1. The van der Waals surface area contributed by atoms with Gasteiger partial charge >= 0.3 is 0 Å². The van der Waals surface area contributed by atoms with Crippen molar-refractivity contribution in [1.29, 1.82) is 0 Å². The molecule has 1 aliphatic heterocycles. The molecule has 2 heterocycles. The number of para-hydroxylation sites is 1. The Bertz CT molecular complexity index is 591. The number of rotatable bonds is 3. The summed E-state index contributed by atoms with van der Waals surface area (Å²) in [5.41, 5.74) is 3.20. The van der Waals surface area contributed by atoms with Gasteiger partial charge in [-0.1, -0.05) is 36.7 Å². The van der Waals surface area contributed by atoms with Gasteiger partial charge in [0.25, 0.3) is 0 Å². The molecule has 1 unspecified atom stereocenters. The fourth-order valence-corrected chi connectivity index (χ4v) is 3.18. The third kappa shape index (κ3) is 2.60. The van der Waals surface area contributed by atoms with Gasteiger partial charge in [0.2, 0.25) is 0 Å². The van der Waals surface area contributed by atoms with Gasteiger partial charge in [-0.25, -0.2) is 4.68 Å². The molecule has 4 heteroatoms. The van der Waals surface area contributed by atoms with Crippen LogP contribution in [0.5, 0.6) is 0 Å². The van der Waals surface area contributed by atoms with Crippen LogP contribution in [0.1, 0.15) is 24.6 Å². The van der Waals surface area contributed by atoms with Gasteiger partial charge in [-0.3, -0.25) is 4.90 Å². The minimum absolute atomic E-state index is 0.744. The summed E-state index contributed by atoms with van der Waals surface area (Å²) in [6.07, 6.45) is 1.28. The van der Waals surface area contributed by atoms with E-state index in [0.717, 1.165) is 47.7 Å². The van der Waals surface area contributed by atoms with Crippen molar-refractivity contribution in [2.75, 3.05) is 13.1 Å². The second kappa shape index (κ2) is 5.58. The van der Waals surface area contributed by atoms with E-state index in [1.165, 1.54) is 6.42 Å². The first-order valence-corrected chi connectivity index (χ1v) is 7.54. The van der Waals surface area contributed by atoms with Crippen molar-refractivity contribution in [1.82, 2.24) is 14.7 Å². The first kappa shape index (κ1) is 13.7. The molecule has 1 aliphatic rings. The summed E-state index contributed by atoms with van der Waals surface area (Å²) in [6.45, 7) is 7.57. The zero-order valence-corrected chi connectivity index (χ0v) is 12.8. The molecule has 106 valence electrons. The Hall–Kier alpha value is -1.32. The van der Waals surface area contributed by atoms with Crippen molar-refractivity contribution < 1.29 is 0 Å². The maximum Gasteiger partial charge on any atom is 0.137 e. The lowest BCUT2D eigenvalue weighted by molar-refractivity contribution is 0.320.